The highest BCUT2D eigenvalue weighted by molar-refractivity contribution is 7.12. The Hall–Kier alpha value is -2.64. The number of nitrogens with zero attached hydrogens (tertiary/aromatic N) is 4. The maximum absolute atomic E-state index is 12.7. The molecule has 0 bridgehead atoms. The molecule has 6 nitrogen and oxygen atoms in total. The monoisotopic (exact) mass is 414 g/mol. The highest BCUT2D eigenvalue weighted by Gasteiger charge is 2.29. The Morgan fingerprint density at radius 1 is 1.21 bits per heavy atom. The first-order valence-electron chi connectivity index (χ1n) is 8.95. The molecule has 0 N–H and O–H groups in total. The van der Waals surface area contributed by atoms with Gasteiger partial charge in [-0.15, -0.1) is 11.3 Å². The van der Waals surface area contributed by atoms with Crippen molar-refractivity contribution < 1.29 is 9.53 Å². The van der Waals surface area contributed by atoms with Crippen LogP contribution >= 0.6 is 22.9 Å². The summed E-state index contributed by atoms with van der Waals surface area (Å²) >= 11 is 7.38. The van der Waals surface area contributed by atoms with Crippen LogP contribution in [0.4, 0.5) is 5.82 Å². The number of hydrogen-bond donors (Lipinski definition) is 0. The summed E-state index contributed by atoms with van der Waals surface area (Å²) in [5, 5.41) is 2.58. The summed E-state index contributed by atoms with van der Waals surface area (Å²) in [6.45, 7) is 4.12. The molecule has 0 saturated carbocycles. The van der Waals surface area contributed by atoms with Gasteiger partial charge in [-0.1, -0.05) is 17.7 Å². The van der Waals surface area contributed by atoms with Gasteiger partial charge in [0.1, 0.15) is 17.9 Å². The van der Waals surface area contributed by atoms with E-state index in [1.54, 1.807) is 24.3 Å². The van der Waals surface area contributed by atoms with E-state index in [0.717, 1.165) is 10.7 Å². The molecule has 8 heteroatoms. The zero-order valence-electron chi connectivity index (χ0n) is 15.3. The number of piperazine rings is 1. The van der Waals surface area contributed by atoms with Crippen molar-refractivity contribution in [3.05, 3.63) is 64.1 Å². The Morgan fingerprint density at radius 2 is 2.04 bits per heavy atom. The molecular formula is C20H19ClN4O2S. The molecule has 1 aliphatic rings. The minimum absolute atomic E-state index is 0.0824. The van der Waals surface area contributed by atoms with E-state index >= 15 is 0 Å². The van der Waals surface area contributed by atoms with Crippen molar-refractivity contribution in [2.45, 2.75) is 13.0 Å². The number of hydrogen-bond acceptors (Lipinski definition) is 6. The minimum Gasteiger partial charge on any atom is -0.439 e. The number of carbonyl (C=O) groups is 1. The van der Waals surface area contributed by atoms with Crippen LogP contribution in [0, 0.1) is 0 Å². The summed E-state index contributed by atoms with van der Waals surface area (Å²) in [7, 11) is 0. The van der Waals surface area contributed by atoms with Gasteiger partial charge in [-0.3, -0.25) is 4.79 Å². The number of benzene rings is 1. The van der Waals surface area contributed by atoms with Gasteiger partial charge < -0.3 is 14.5 Å². The second-order valence-corrected chi connectivity index (χ2v) is 7.93. The number of aromatic nitrogens is 2. The lowest BCUT2D eigenvalue weighted by molar-refractivity contribution is 0.0678. The lowest BCUT2D eigenvalue weighted by Crippen LogP contribution is -2.54. The van der Waals surface area contributed by atoms with Gasteiger partial charge in [0.15, 0.2) is 0 Å². The summed E-state index contributed by atoms with van der Waals surface area (Å²) in [5.41, 5.74) is 0. The van der Waals surface area contributed by atoms with E-state index in [4.69, 9.17) is 16.3 Å². The van der Waals surface area contributed by atoms with Crippen LogP contribution in [-0.2, 0) is 0 Å². The van der Waals surface area contributed by atoms with Crippen molar-refractivity contribution in [1.29, 1.82) is 0 Å². The van der Waals surface area contributed by atoms with Crippen LogP contribution in [0.15, 0.2) is 54.2 Å². The van der Waals surface area contributed by atoms with Crippen LogP contribution in [0.3, 0.4) is 0 Å². The van der Waals surface area contributed by atoms with Crippen molar-refractivity contribution in [2.24, 2.45) is 0 Å². The van der Waals surface area contributed by atoms with E-state index in [-0.39, 0.29) is 11.9 Å². The molecule has 28 heavy (non-hydrogen) atoms. The summed E-state index contributed by atoms with van der Waals surface area (Å²) in [6.07, 6.45) is 1.49. The quantitative estimate of drug-likeness (QED) is 0.635. The van der Waals surface area contributed by atoms with Gasteiger partial charge in [0.05, 0.1) is 4.88 Å². The first-order valence-corrected chi connectivity index (χ1v) is 10.2. The molecule has 1 fully saturated rings. The maximum atomic E-state index is 12.7. The van der Waals surface area contributed by atoms with Gasteiger partial charge in [-0.25, -0.2) is 9.97 Å². The van der Waals surface area contributed by atoms with Crippen LogP contribution in [-0.4, -0.2) is 46.5 Å². The fraction of sp³-hybridized carbons (Fsp3) is 0.250. The molecule has 1 amide bonds. The smallest absolute Gasteiger partial charge is 0.264 e. The molecule has 3 aromatic rings. The van der Waals surface area contributed by atoms with Crippen molar-refractivity contribution in [2.75, 3.05) is 24.5 Å². The van der Waals surface area contributed by atoms with Crippen molar-refractivity contribution >= 4 is 34.7 Å². The Morgan fingerprint density at radius 3 is 2.75 bits per heavy atom. The molecule has 144 valence electrons. The average molecular weight is 415 g/mol. The molecule has 2 aromatic heterocycles. The highest BCUT2D eigenvalue weighted by Crippen LogP contribution is 2.25. The van der Waals surface area contributed by atoms with E-state index in [1.807, 2.05) is 28.5 Å². The van der Waals surface area contributed by atoms with Gasteiger partial charge in [0, 0.05) is 36.8 Å². The first-order chi connectivity index (χ1) is 13.6. The van der Waals surface area contributed by atoms with Crippen LogP contribution in [0.5, 0.6) is 11.6 Å². The standard InChI is InChI=1S/C20H19ClN4O2S/c1-14-12-24(8-9-25(14)20(26)17-3-2-10-28-17)18-11-19(23-13-22-18)27-16-6-4-15(21)5-7-16/h2-7,10-11,13-14H,8-9,12H2,1H3/t14-/m1/s1. The van der Waals surface area contributed by atoms with Crippen LogP contribution in [0.1, 0.15) is 16.6 Å². The van der Waals surface area contributed by atoms with Crippen molar-refractivity contribution in [3.8, 4) is 11.6 Å². The minimum atomic E-state index is 0.0824. The fourth-order valence-corrected chi connectivity index (χ4v) is 4.00. The van der Waals surface area contributed by atoms with Gasteiger partial charge >= 0.3 is 0 Å². The molecule has 0 spiro atoms. The second kappa shape index (κ2) is 8.16. The number of anilines is 1. The third-order valence-electron chi connectivity index (χ3n) is 4.61. The number of thiophene rings is 1. The predicted molar refractivity (Wildman–Crippen MR) is 111 cm³/mol. The molecule has 1 saturated heterocycles. The van der Waals surface area contributed by atoms with E-state index in [9.17, 15) is 4.79 Å². The molecule has 3 heterocycles. The molecule has 1 atom stereocenters. The zero-order valence-corrected chi connectivity index (χ0v) is 16.9. The number of halogens is 1. The number of ether oxygens (including phenoxy) is 1. The maximum Gasteiger partial charge on any atom is 0.264 e. The molecule has 0 unspecified atom stereocenters. The van der Waals surface area contributed by atoms with Crippen LogP contribution < -0.4 is 9.64 Å². The van der Waals surface area contributed by atoms with Crippen LogP contribution in [0.25, 0.3) is 0 Å². The fourth-order valence-electron chi connectivity index (χ4n) is 3.19. The number of amides is 1. The molecule has 0 radical (unpaired) electrons. The topological polar surface area (TPSA) is 58.6 Å². The molecule has 0 aliphatic carbocycles. The normalized spacial score (nSPS) is 16.9. The molecule has 1 aromatic carbocycles. The Bertz CT molecular complexity index is 949. The summed E-state index contributed by atoms with van der Waals surface area (Å²) in [5.74, 6) is 2.01. The van der Waals surface area contributed by atoms with Gasteiger partial charge in [-0.2, -0.15) is 0 Å². The Balaban J connectivity index is 1.44. The lowest BCUT2D eigenvalue weighted by Gasteiger charge is -2.40. The summed E-state index contributed by atoms with van der Waals surface area (Å²) < 4.78 is 5.80. The number of rotatable bonds is 4. The summed E-state index contributed by atoms with van der Waals surface area (Å²) in [4.78, 5) is 26.1. The van der Waals surface area contributed by atoms with E-state index < -0.39 is 0 Å². The largest absolute Gasteiger partial charge is 0.439 e. The second-order valence-electron chi connectivity index (χ2n) is 6.54. The third-order valence-corrected chi connectivity index (χ3v) is 5.72. The van der Waals surface area contributed by atoms with Gasteiger partial charge in [0.2, 0.25) is 5.88 Å². The lowest BCUT2D eigenvalue weighted by atomic mass is 10.2. The highest BCUT2D eigenvalue weighted by atomic mass is 35.5. The molecular weight excluding hydrogens is 396 g/mol. The van der Waals surface area contributed by atoms with Gasteiger partial charge in [0.25, 0.3) is 5.91 Å². The zero-order chi connectivity index (χ0) is 19.5. The Kier molecular flexibility index (Phi) is 5.45. The summed E-state index contributed by atoms with van der Waals surface area (Å²) in [6, 6.07) is 12.8. The average Bonchev–Trinajstić information content (AvgIpc) is 3.24. The first kappa shape index (κ1) is 18.7. The van der Waals surface area contributed by atoms with E-state index in [0.29, 0.717) is 36.3 Å². The SMILES string of the molecule is C[C@@H]1CN(c2cc(Oc3ccc(Cl)cc3)ncn2)CCN1C(=O)c1cccs1. The Labute approximate surface area is 172 Å². The van der Waals surface area contributed by atoms with Gasteiger partial charge in [-0.05, 0) is 42.6 Å². The van der Waals surface area contributed by atoms with Crippen LogP contribution in [0.2, 0.25) is 5.02 Å². The number of carbonyl (C=O) groups excluding carboxylic acids is 1. The molecule has 4 rings (SSSR count). The van der Waals surface area contributed by atoms with E-state index in [2.05, 4.69) is 21.8 Å². The van der Waals surface area contributed by atoms with Crippen molar-refractivity contribution in [1.82, 2.24) is 14.9 Å². The molecule has 1 aliphatic heterocycles. The predicted octanol–water partition coefficient (Wildman–Crippen LogP) is 4.33. The van der Waals surface area contributed by atoms with E-state index in [1.165, 1.54) is 17.7 Å². The third kappa shape index (κ3) is 4.10. The van der Waals surface area contributed by atoms with Crippen molar-refractivity contribution in [3.63, 3.8) is 0 Å².